The number of alkyl halides is 5. The molecule has 0 atom stereocenters. The van der Waals surface area contributed by atoms with Gasteiger partial charge in [0.05, 0.1) is 0 Å². The number of rotatable bonds is 6. The van der Waals surface area contributed by atoms with E-state index >= 15 is 0 Å². The summed E-state index contributed by atoms with van der Waals surface area (Å²) in [5, 5.41) is 0. The van der Waals surface area contributed by atoms with E-state index in [-0.39, 0.29) is 6.42 Å². The number of unbranched alkanes of at least 4 members (excludes halogenated alkanes) is 3. The summed E-state index contributed by atoms with van der Waals surface area (Å²) in [6, 6.07) is 0. The zero-order valence-corrected chi connectivity index (χ0v) is 10.4. The summed E-state index contributed by atoms with van der Waals surface area (Å²) in [5.74, 6) is 0. The minimum atomic E-state index is -2.58. The van der Waals surface area contributed by atoms with E-state index in [9.17, 15) is 4.39 Å². The van der Waals surface area contributed by atoms with Gasteiger partial charge in [-0.15, -0.1) is 0 Å². The smallest absolute Gasteiger partial charge is 0.205 e. The second-order valence-corrected chi connectivity index (χ2v) is 5.73. The standard InChI is InChI=1S/C8H13Cl4F/c1-2-3-4-5-6-7(9,10)8(11,12)13/h2-6H2,1H3. The molecule has 0 aromatic heterocycles. The maximum absolute atomic E-state index is 12.9. The van der Waals surface area contributed by atoms with E-state index in [4.69, 9.17) is 46.4 Å². The van der Waals surface area contributed by atoms with Crippen LogP contribution in [-0.4, -0.2) is 8.92 Å². The van der Waals surface area contributed by atoms with Crippen molar-refractivity contribution in [3.8, 4) is 0 Å². The van der Waals surface area contributed by atoms with E-state index in [0.29, 0.717) is 0 Å². The summed E-state index contributed by atoms with van der Waals surface area (Å²) in [5.41, 5.74) is 0. The summed E-state index contributed by atoms with van der Waals surface area (Å²) in [6.07, 6.45) is 4.13. The molecule has 0 bridgehead atoms. The molecule has 0 fully saturated rings. The first-order valence-corrected chi connectivity index (χ1v) is 5.77. The summed E-state index contributed by atoms with van der Waals surface area (Å²) >= 11 is 21.6. The van der Waals surface area contributed by atoms with Crippen molar-refractivity contribution >= 4 is 46.4 Å². The van der Waals surface area contributed by atoms with Crippen LogP contribution >= 0.6 is 46.4 Å². The highest BCUT2D eigenvalue weighted by molar-refractivity contribution is 6.61. The average Bonchev–Trinajstić information content (AvgIpc) is 1.96. The molecule has 0 N–H and O–H groups in total. The molecule has 0 aliphatic carbocycles. The van der Waals surface area contributed by atoms with Crippen molar-refractivity contribution in [2.24, 2.45) is 0 Å². The summed E-state index contributed by atoms with van der Waals surface area (Å²) in [6.45, 7) is 2.08. The van der Waals surface area contributed by atoms with Crippen molar-refractivity contribution in [1.82, 2.24) is 0 Å². The summed E-state index contributed by atoms with van der Waals surface area (Å²) in [7, 11) is 0. The van der Waals surface area contributed by atoms with Gasteiger partial charge in [0.25, 0.3) is 4.59 Å². The Hall–Kier alpha value is 1.09. The molecule has 0 rings (SSSR count). The van der Waals surface area contributed by atoms with E-state index in [1.54, 1.807) is 0 Å². The van der Waals surface area contributed by atoms with Gasteiger partial charge in [-0.25, -0.2) is 4.39 Å². The molecular formula is C8H13Cl4F. The maximum Gasteiger partial charge on any atom is 0.290 e. The molecule has 0 unspecified atom stereocenters. The van der Waals surface area contributed by atoms with E-state index in [1.165, 1.54) is 0 Å². The molecule has 0 amide bonds. The van der Waals surface area contributed by atoms with Crippen molar-refractivity contribution in [2.75, 3.05) is 0 Å². The van der Waals surface area contributed by atoms with E-state index in [0.717, 1.165) is 25.7 Å². The fourth-order valence-corrected chi connectivity index (χ4v) is 1.37. The second kappa shape index (κ2) is 5.85. The van der Waals surface area contributed by atoms with Gasteiger partial charge in [-0.3, -0.25) is 0 Å². The van der Waals surface area contributed by atoms with Crippen LogP contribution in [0.25, 0.3) is 0 Å². The monoisotopic (exact) mass is 268 g/mol. The highest BCUT2D eigenvalue weighted by Crippen LogP contribution is 2.46. The van der Waals surface area contributed by atoms with Gasteiger partial charge < -0.3 is 0 Å². The largest absolute Gasteiger partial charge is 0.290 e. The first-order valence-electron chi connectivity index (χ1n) is 4.26. The normalized spacial score (nSPS) is 13.4. The molecule has 0 heterocycles. The van der Waals surface area contributed by atoms with Crippen LogP contribution in [0.1, 0.15) is 39.0 Å². The average molecular weight is 270 g/mol. The van der Waals surface area contributed by atoms with Crippen molar-refractivity contribution in [1.29, 1.82) is 0 Å². The lowest BCUT2D eigenvalue weighted by molar-refractivity contribution is 0.339. The Balaban J connectivity index is 3.77. The molecule has 0 saturated heterocycles. The van der Waals surface area contributed by atoms with Crippen LogP contribution in [0.2, 0.25) is 0 Å². The highest BCUT2D eigenvalue weighted by atomic mass is 35.5. The predicted octanol–water partition coefficient (Wildman–Crippen LogP) is 5.23. The third kappa shape index (κ3) is 5.51. The molecule has 0 aromatic rings. The van der Waals surface area contributed by atoms with Gasteiger partial charge in [-0.2, -0.15) is 0 Å². The molecule has 13 heavy (non-hydrogen) atoms. The number of hydrogen-bond donors (Lipinski definition) is 0. The predicted molar refractivity (Wildman–Crippen MR) is 58.7 cm³/mol. The van der Waals surface area contributed by atoms with Crippen molar-refractivity contribution < 1.29 is 4.39 Å². The Morgan fingerprint density at radius 2 is 1.54 bits per heavy atom. The quantitative estimate of drug-likeness (QED) is 0.457. The Morgan fingerprint density at radius 3 is 1.92 bits per heavy atom. The van der Waals surface area contributed by atoms with Crippen molar-refractivity contribution in [3.05, 3.63) is 0 Å². The van der Waals surface area contributed by atoms with Gasteiger partial charge >= 0.3 is 0 Å². The minimum absolute atomic E-state index is 0.264. The number of halogens is 5. The van der Waals surface area contributed by atoms with Crippen LogP contribution in [0.15, 0.2) is 0 Å². The lowest BCUT2D eigenvalue weighted by Crippen LogP contribution is -2.31. The van der Waals surface area contributed by atoms with Crippen LogP contribution in [0, 0.1) is 0 Å². The molecule has 0 aromatic carbocycles. The first-order chi connectivity index (χ1) is 5.81. The Bertz CT molecular complexity index is 142. The highest BCUT2D eigenvalue weighted by Gasteiger charge is 2.47. The molecule has 0 spiro atoms. The second-order valence-electron chi connectivity index (χ2n) is 3.01. The Labute approximate surface area is 98.7 Å². The SMILES string of the molecule is CCCCCCC(Cl)(Cl)C(F)(Cl)Cl. The van der Waals surface area contributed by atoms with Crippen molar-refractivity contribution in [3.63, 3.8) is 0 Å². The van der Waals surface area contributed by atoms with Crippen molar-refractivity contribution in [2.45, 2.75) is 47.9 Å². The van der Waals surface area contributed by atoms with Crippen LogP contribution in [0.3, 0.4) is 0 Å². The molecule has 0 aliphatic heterocycles. The topological polar surface area (TPSA) is 0 Å². The van der Waals surface area contributed by atoms with Crippen LogP contribution in [0.4, 0.5) is 4.39 Å². The lowest BCUT2D eigenvalue weighted by Gasteiger charge is -2.25. The van der Waals surface area contributed by atoms with Gasteiger partial charge in [0.15, 0.2) is 4.33 Å². The van der Waals surface area contributed by atoms with E-state index in [2.05, 4.69) is 6.92 Å². The fraction of sp³-hybridized carbons (Fsp3) is 1.00. The summed E-state index contributed by atoms with van der Waals surface area (Å²) in [4.78, 5) is 0. The molecule has 0 radical (unpaired) electrons. The molecule has 5 heteroatoms. The van der Waals surface area contributed by atoms with Crippen LogP contribution in [-0.2, 0) is 0 Å². The first kappa shape index (κ1) is 14.1. The maximum atomic E-state index is 12.9. The zero-order valence-electron chi connectivity index (χ0n) is 7.43. The van der Waals surface area contributed by atoms with Crippen LogP contribution < -0.4 is 0 Å². The molecule has 0 nitrogen and oxygen atoms in total. The Kier molecular flexibility index (Phi) is 6.34. The lowest BCUT2D eigenvalue weighted by atomic mass is 10.1. The van der Waals surface area contributed by atoms with Crippen LogP contribution in [0.5, 0.6) is 0 Å². The van der Waals surface area contributed by atoms with E-state index < -0.39 is 8.92 Å². The Morgan fingerprint density at radius 1 is 1.00 bits per heavy atom. The van der Waals surface area contributed by atoms with Gasteiger partial charge in [-0.05, 0) is 6.42 Å². The minimum Gasteiger partial charge on any atom is -0.205 e. The number of hydrogen-bond acceptors (Lipinski definition) is 0. The summed E-state index contributed by atoms with van der Waals surface area (Å²) < 4.78 is 8.66. The third-order valence-electron chi connectivity index (χ3n) is 1.76. The van der Waals surface area contributed by atoms with Gasteiger partial charge in [0.1, 0.15) is 0 Å². The van der Waals surface area contributed by atoms with Gasteiger partial charge in [0.2, 0.25) is 0 Å². The van der Waals surface area contributed by atoms with E-state index in [1.807, 2.05) is 0 Å². The fourth-order valence-electron chi connectivity index (χ4n) is 0.916. The molecule has 80 valence electrons. The van der Waals surface area contributed by atoms with Gasteiger partial charge in [-0.1, -0.05) is 79.0 Å². The van der Waals surface area contributed by atoms with Gasteiger partial charge in [0, 0.05) is 0 Å². The molecular weight excluding hydrogens is 257 g/mol. The molecule has 0 aliphatic rings. The molecule has 0 saturated carbocycles. The third-order valence-corrected chi connectivity index (χ3v) is 3.69. The zero-order chi connectivity index (χ0) is 10.5.